The summed E-state index contributed by atoms with van der Waals surface area (Å²) >= 11 is 0. The maximum absolute atomic E-state index is 12.4. The summed E-state index contributed by atoms with van der Waals surface area (Å²) < 4.78 is 5.16. The van der Waals surface area contributed by atoms with E-state index in [0.29, 0.717) is 17.5 Å². The molecule has 0 radical (unpaired) electrons. The number of carbonyl (C=O) groups excluding carboxylic acids is 1. The van der Waals surface area contributed by atoms with Crippen LogP contribution in [0.15, 0.2) is 18.3 Å². The average molecular weight is 306 g/mol. The molecule has 0 saturated carbocycles. The van der Waals surface area contributed by atoms with Gasteiger partial charge >= 0.3 is 6.03 Å². The van der Waals surface area contributed by atoms with Gasteiger partial charge in [-0.05, 0) is 44.5 Å². The van der Waals surface area contributed by atoms with Crippen LogP contribution in [0.4, 0.5) is 10.5 Å². The molecule has 22 heavy (non-hydrogen) atoms. The fourth-order valence-corrected chi connectivity index (χ4v) is 2.92. The summed E-state index contributed by atoms with van der Waals surface area (Å²) in [5.41, 5.74) is 0.613. The number of hydrogen-bond donors (Lipinski definition) is 1. The normalized spacial score (nSPS) is 17.8. The van der Waals surface area contributed by atoms with Crippen molar-refractivity contribution in [2.45, 2.75) is 19.8 Å². The van der Waals surface area contributed by atoms with E-state index in [9.17, 15) is 4.79 Å². The number of anilines is 1. The highest BCUT2D eigenvalue weighted by Gasteiger charge is 2.27. The van der Waals surface area contributed by atoms with Crippen LogP contribution in [0.2, 0.25) is 0 Å². The zero-order valence-corrected chi connectivity index (χ0v) is 13.7. The molecule has 2 amide bonds. The maximum atomic E-state index is 12.4. The van der Waals surface area contributed by atoms with Gasteiger partial charge in [0.1, 0.15) is 5.69 Å². The smallest absolute Gasteiger partial charge is 0.322 e. The highest BCUT2D eigenvalue weighted by atomic mass is 16.5. The lowest BCUT2D eigenvalue weighted by molar-refractivity contribution is 0.217. The summed E-state index contributed by atoms with van der Waals surface area (Å²) in [6.45, 7) is 5.96. The molecule has 1 saturated heterocycles. The summed E-state index contributed by atoms with van der Waals surface area (Å²) in [7, 11) is 3.69. The number of methoxy groups -OCH3 is 1. The first-order valence-corrected chi connectivity index (χ1v) is 7.87. The molecule has 1 fully saturated rings. The van der Waals surface area contributed by atoms with Crippen LogP contribution in [0.1, 0.15) is 19.8 Å². The fraction of sp³-hybridized carbons (Fsp3) is 0.625. The van der Waals surface area contributed by atoms with E-state index in [-0.39, 0.29) is 6.03 Å². The zero-order chi connectivity index (χ0) is 15.9. The van der Waals surface area contributed by atoms with E-state index in [0.717, 1.165) is 39.0 Å². The monoisotopic (exact) mass is 306 g/mol. The Morgan fingerprint density at radius 1 is 1.59 bits per heavy atom. The standard InChI is InChI=1S/C16H26N4O2/c1-4-9-19(2)11-13-7-10-20(12-13)16(21)18-14-6-5-8-17-15(14)22-3/h5-6,8,13H,4,7,9-12H2,1-3H3,(H,18,21)/t13-/m0/s1. The van der Waals surface area contributed by atoms with E-state index in [2.05, 4.69) is 29.2 Å². The molecule has 2 rings (SSSR count). The molecule has 0 unspecified atom stereocenters. The minimum Gasteiger partial charge on any atom is -0.480 e. The molecule has 1 aromatic rings. The molecule has 0 aromatic carbocycles. The van der Waals surface area contributed by atoms with Crippen molar-refractivity contribution in [2.75, 3.05) is 45.7 Å². The summed E-state index contributed by atoms with van der Waals surface area (Å²) in [6, 6.07) is 3.50. The van der Waals surface area contributed by atoms with Crippen molar-refractivity contribution in [3.63, 3.8) is 0 Å². The molecule has 1 atom stereocenters. The number of pyridine rings is 1. The van der Waals surface area contributed by atoms with Gasteiger partial charge in [0, 0.05) is 25.8 Å². The third-order valence-corrected chi connectivity index (χ3v) is 3.95. The van der Waals surface area contributed by atoms with Gasteiger partial charge in [0.2, 0.25) is 5.88 Å². The number of nitrogens with one attached hydrogen (secondary N) is 1. The Bertz CT molecular complexity index is 495. The van der Waals surface area contributed by atoms with Gasteiger partial charge in [-0.2, -0.15) is 0 Å². The quantitative estimate of drug-likeness (QED) is 0.876. The third-order valence-electron chi connectivity index (χ3n) is 3.95. The van der Waals surface area contributed by atoms with Gasteiger partial charge in [0.15, 0.2) is 0 Å². The van der Waals surface area contributed by atoms with Crippen LogP contribution in [0.3, 0.4) is 0 Å². The van der Waals surface area contributed by atoms with Gasteiger partial charge in [0.25, 0.3) is 0 Å². The largest absolute Gasteiger partial charge is 0.480 e. The molecule has 6 heteroatoms. The molecule has 2 heterocycles. The molecular formula is C16H26N4O2. The number of ether oxygens (including phenoxy) is 1. The van der Waals surface area contributed by atoms with Crippen molar-refractivity contribution in [1.29, 1.82) is 0 Å². The topological polar surface area (TPSA) is 57.7 Å². The second-order valence-electron chi connectivity index (χ2n) is 5.85. The Morgan fingerprint density at radius 2 is 2.41 bits per heavy atom. The highest BCUT2D eigenvalue weighted by Crippen LogP contribution is 2.22. The second kappa shape index (κ2) is 7.98. The van der Waals surface area contributed by atoms with E-state index in [1.54, 1.807) is 25.4 Å². The summed E-state index contributed by atoms with van der Waals surface area (Å²) in [6.07, 6.45) is 3.86. The van der Waals surface area contributed by atoms with E-state index in [1.165, 1.54) is 0 Å². The van der Waals surface area contributed by atoms with Gasteiger partial charge < -0.3 is 19.9 Å². The lowest BCUT2D eigenvalue weighted by atomic mass is 10.1. The first kappa shape index (κ1) is 16.5. The first-order valence-electron chi connectivity index (χ1n) is 7.87. The average Bonchev–Trinajstić information content (AvgIpc) is 2.96. The van der Waals surface area contributed by atoms with Crippen molar-refractivity contribution >= 4 is 11.7 Å². The van der Waals surface area contributed by atoms with E-state index < -0.39 is 0 Å². The Balaban J connectivity index is 1.86. The summed E-state index contributed by atoms with van der Waals surface area (Å²) in [4.78, 5) is 20.7. The van der Waals surface area contributed by atoms with E-state index in [4.69, 9.17) is 4.74 Å². The molecule has 1 aromatic heterocycles. The van der Waals surface area contributed by atoms with Crippen LogP contribution in [0, 0.1) is 5.92 Å². The van der Waals surface area contributed by atoms with Crippen LogP contribution in [0.5, 0.6) is 5.88 Å². The van der Waals surface area contributed by atoms with Crippen LogP contribution in [-0.2, 0) is 0 Å². The molecule has 122 valence electrons. The second-order valence-corrected chi connectivity index (χ2v) is 5.85. The number of amides is 2. The van der Waals surface area contributed by atoms with Crippen molar-refractivity contribution < 1.29 is 9.53 Å². The minimum atomic E-state index is -0.0769. The number of aromatic nitrogens is 1. The maximum Gasteiger partial charge on any atom is 0.322 e. The minimum absolute atomic E-state index is 0.0769. The highest BCUT2D eigenvalue weighted by molar-refractivity contribution is 5.90. The number of hydrogen-bond acceptors (Lipinski definition) is 4. The molecule has 6 nitrogen and oxygen atoms in total. The Hall–Kier alpha value is -1.82. The van der Waals surface area contributed by atoms with Gasteiger partial charge in [-0.1, -0.05) is 6.92 Å². The lowest BCUT2D eigenvalue weighted by Gasteiger charge is -2.21. The number of nitrogens with zero attached hydrogens (tertiary/aromatic N) is 3. The van der Waals surface area contributed by atoms with Crippen molar-refractivity contribution in [2.24, 2.45) is 5.92 Å². The number of rotatable bonds is 6. The van der Waals surface area contributed by atoms with Crippen molar-refractivity contribution in [3.05, 3.63) is 18.3 Å². The summed E-state index contributed by atoms with van der Waals surface area (Å²) in [5.74, 6) is 0.993. The number of carbonyl (C=O) groups is 1. The zero-order valence-electron chi connectivity index (χ0n) is 13.7. The van der Waals surface area contributed by atoms with Crippen LogP contribution in [-0.4, -0.2) is 61.2 Å². The molecular weight excluding hydrogens is 280 g/mol. The van der Waals surface area contributed by atoms with Crippen LogP contribution < -0.4 is 10.1 Å². The van der Waals surface area contributed by atoms with E-state index in [1.807, 2.05) is 4.90 Å². The molecule has 0 spiro atoms. The third kappa shape index (κ3) is 4.34. The van der Waals surface area contributed by atoms with Gasteiger partial charge in [-0.3, -0.25) is 0 Å². The molecule has 0 bridgehead atoms. The first-order chi connectivity index (χ1) is 10.6. The predicted octanol–water partition coefficient (Wildman–Crippen LogP) is 2.29. The molecule has 1 N–H and O–H groups in total. The van der Waals surface area contributed by atoms with Crippen LogP contribution in [0.25, 0.3) is 0 Å². The molecule has 1 aliphatic rings. The Morgan fingerprint density at radius 3 is 3.14 bits per heavy atom. The van der Waals surface area contributed by atoms with E-state index >= 15 is 0 Å². The van der Waals surface area contributed by atoms with Crippen molar-refractivity contribution in [3.8, 4) is 5.88 Å². The van der Waals surface area contributed by atoms with Gasteiger partial charge in [-0.25, -0.2) is 9.78 Å². The van der Waals surface area contributed by atoms with Crippen molar-refractivity contribution in [1.82, 2.24) is 14.8 Å². The SMILES string of the molecule is CCCN(C)C[C@@H]1CCN(C(=O)Nc2cccnc2OC)C1. The van der Waals surface area contributed by atoms with Gasteiger partial charge in [-0.15, -0.1) is 0 Å². The fourth-order valence-electron chi connectivity index (χ4n) is 2.92. The predicted molar refractivity (Wildman–Crippen MR) is 87.3 cm³/mol. The number of likely N-dealkylation sites (tertiary alicyclic amines) is 1. The Kier molecular flexibility index (Phi) is 6.00. The van der Waals surface area contributed by atoms with Crippen LogP contribution >= 0.6 is 0 Å². The lowest BCUT2D eigenvalue weighted by Crippen LogP contribution is -2.34. The van der Waals surface area contributed by atoms with Gasteiger partial charge in [0.05, 0.1) is 7.11 Å². The molecule has 0 aliphatic carbocycles. The molecule has 1 aliphatic heterocycles. The summed E-state index contributed by atoms with van der Waals surface area (Å²) in [5, 5.41) is 2.89. The number of urea groups is 1. The Labute approximate surface area is 132 Å².